The fourth-order valence-corrected chi connectivity index (χ4v) is 4.46. The third-order valence-corrected chi connectivity index (χ3v) is 6.11. The molecule has 0 radical (unpaired) electrons. The van der Waals surface area contributed by atoms with Gasteiger partial charge in [0.05, 0.1) is 0 Å². The molecular weight excluding hydrogens is 348 g/mol. The monoisotopic (exact) mass is 376 g/mol. The molecule has 2 saturated heterocycles. The van der Waals surface area contributed by atoms with Gasteiger partial charge >= 0.3 is 0 Å². The number of carbonyl (C=O) groups is 2. The van der Waals surface area contributed by atoms with Crippen LogP contribution in [0.1, 0.15) is 49.0 Å². The highest BCUT2D eigenvalue weighted by molar-refractivity contribution is 5.98. The van der Waals surface area contributed by atoms with Gasteiger partial charge in [-0.15, -0.1) is 0 Å². The van der Waals surface area contributed by atoms with Gasteiger partial charge < -0.3 is 9.80 Å². The number of rotatable bonds is 4. The maximum absolute atomic E-state index is 13.1. The molecule has 2 aromatic rings. The fourth-order valence-electron chi connectivity index (χ4n) is 4.46. The van der Waals surface area contributed by atoms with Crippen LogP contribution in [0, 0.1) is 0 Å². The van der Waals surface area contributed by atoms with Gasteiger partial charge in [-0.1, -0.05) is 49.7 Å². The maximum Gasteiger partial charge on any atom is 0.254 e. The van der Waals surface area contributed by atoms with Crippen LogP contribution < -0.4 is 0 Å². The van der Waals surface area contributed by atoms with Gasteiger partial charge in [-0.3, -0.25) is 9.59 Å². The summed E-state index contributed by atoms with van der Waals surface area (Å²) in [5.74, 6) is 0.0446. The van der Waals surface area contributed by atoms with E-state index in [9.17, 15) is 9.59 Å². The molecule has 4 rings (SSSR count). The summed E-state index contributed by atoms with van der Waals surface area (Å²) in [4.78, 5) is 29.4. The van der Waals surface area contributed by atoms with E-state index >= 15 is 0 Å². The van der Waals surface area contributed by atoms with Crippen molar-refractivity contribution in [3.8, 4) is 11.1 Å². The van der Waals surface area contributed by atoms with Gasteiger partial charge in [0, 0.05) is 24.7 Å². The van der Waals surface area contributed by atoms with Crippen LogP contribution >= 0.6 is 0 Å². The number of aryl methyl sites for hydroxylation is 1. The topological polar surface area (TPSA) is 40.6 Å². The van der Waals surface area contributed by atoms with Gasteiger partial charge in [0.25, 0.3) is 5.91 Å². The van der Waals surface area contributed by atoms with Crippen molar-refractivity contribution < 1.29 is 9.59 Å². The number of nitrogens with zero attached hydrogens (tertiary/aromatic N) is 2. The molecule has 2 heterocycles. The summed E-state index contributed by atoms with van der Waals surface area (Å²) in [5.41, 5.74) is 4.26. The summed E-state index contributed by atoms with van der Waals surface area (Å²) in [7, 11) is 0. The van der Waals surface area contributed by atoms with Crippen LogP contribution in [-0.4, -0.2) is 46.8 Å². The molecule has 4 nitrogen and oxygen atoms in total. The van der Waals surface area contributed by atoms with E-state index in [1.54, 1.807) is 4.90 Å². The Morgan fingerprint density at radius 3 is 2.32 bits per heavy atom. The first-order valence-corrected chi connectivity index (χ1v) is 10.4. The Morgan fingerprint density at radius 2 is 1.68 bits per heavy atom. The minimum atomic E-state index is -0.382. The third-order valence-electron chi connectivity index (χ3n) is 6.11. The minimum absolute atomic E-state index is 0.0442. The molecule has 28 heavy (non-hydrogen) atoms. The van der Waals surface area contributed by atoms with Crippen molar-refractivity contribution in [2.75, 3.05) is 13.1 Å². The lowest BCUT2D eigenvalue weighted by atomic mass is 10.00. The molecule has 0 bridgehead atoms. The number of piperazine rings is 1. The summed E-state index contributed by atoms with van der Waals surface area (Å²) in [6.45, 7) is 5.51. The van der Waals surface area contributed by atoms with Crippen LogP contribution in [-0.2, 0) is 11.2 Å². The minimum Gasteiger partial charge on any atom is -0.336 e. The van der Waals surface area contributed by atoms with Crippen molar-refractivity contribution in [2.45, 2.75) is 51.6 Å². The van der Waals surface area contributed by atoms with E-state index in [0.29, 0.717) is 12.1 Å². The van der Waals surface area contributed by atoms with Crippen molar-refractivity contribution >= 4 is 11.8 Å². The zero-order chi connectivity index (χ0) is 19.7. The Bertz CT molecular complexity index is 857. The highest BCUT2D eigenvalue weighted by atomic mass is 16.2. The first kappa shape index (κ1) is 18.7. The van der Waals surface area contributed by atoms with Gasteiger partial charge in [0.15, 0.2) is 0 Å². The van der Waals surface area contributed by atoms with Gasteiger partial charge in [0.1, 0.15) is 6.04 Å². The van der Waals surface area contributed by atoms with Crippen molar-refractivity contribution in [2.24, 2.45) is 0 Å². The zero-order valence-electron chi connectivity index (χ0n) is 16.7. The van der Waals surface area contributed by atoms with Crippen LogP contribution in [0.2, 0.25) is 0 Å². The lowest BCUT2D eigenvalue weighted by Gasteiger charge is -2.41. The van der Waals surface area contributed by atoms with Crippen molar-refractivity contribution in [3.05, 3.63) is 59.7 Å². The molecule has 2 fully saturated rings. The second kappa shape index (κ2) is 7.78. The predicted molar refractivity (Wildman–Crippen MR) is 111 cm³/mol. The van der Waals surface area contributed by atoms with Gasteiger partial charge in [-0.25, -0.2) is 0 Å². The van der Waals surface area contributed by atoms with Crippen LogP contribution in [0.4, 0.5) is 0 Å². The molecule has 0 spiro atoms. The van der Waals surface area contributed by atoms with Crippen molar-refractivity contribution in [1.82, 2.24) is 9.80 Å². The molecule has 2 aliphatic heterocycles. The Kier molecular flexibility index (Phi) is 5.21. The predicted octanol–water partition coefficient (Wildman–Crippen LogP) is 4.14. The Morgan fingerprint density at radius 1 is 1.04 bits per heavy atom. The lowest BCUT2D eigenvalue weighted by molar-refractivity contribution is -0.141. The van der Waals surface area contributed by atoms with Crippen molar-refractivity contribution in [1.29, 1.82) is 0 Å². The van der Waals surface area contributed by atoms with Crippen LogP contribution in [0.15, 0.2) is 48.5 Å². The highest BCUT2D eigenvalue weighted by Crippen LogP contribution is 2.27. The summed E-state index contributed by atoms with van der Waals surface area (Å²) in [6, 6.07) is 16.2. The number of amides is 2. The Balaban J connectivity index is 1.50. The number of fused-ring (bicyclic) bond motifs is 1. The molecule has 0 saturated carbocycles. The smallest absolute Gasteiger partial charge is 0.254 e. The van der Waals surface area contributed by atoms with Crippen LogP contribution in [0.3, 0.4) is 0 Å². The quantitative estimate of drug-likeness (QED) is 0.805. The van der Waals surface area contributed by atoms with E-state index in [2.05, 4.69) is 31.2 Å². The van der Waals surface area contributed by atoms with E-state index < -0.39 is 0 Å². The second-order valence-corrected chi connectivity index (χ2v) is 7.99. The molecule has 146 valence electrons. The molecule has 0 aromatic heterocycles. The van der Waals surface area contributed by atoms with E-state index in [4.69, 9.17) is 0 Å². The Labute approximate surface area is 167 Å². The summed E-state index contributed by atoms with van der Waals surface area (Å²) in [5, 5.41) is 0. The SMILES string of the molecule is CCCc1ccc(-c2ccc(C(=O)N3C[C@H]4CCCN4C(=O)[C@@H]3C)cc2)cc1. The zero-order valence-corrected chi connectivity index (χ0v) is 16.7. The second-order valence-electron chi connectivity index (χ2n) is 7.99. The number of benzene rings is 2. The standard InChI is InChI=1S/C24H28N2O2/c1-3-5-18-7-9-19(10-8-18)20-11-13-21(14-12-20)24(28)26-16-22-6-4-15-25(22)23(27)17(26)2/h7-14,17,22H,3-6,15-16H2,1-2H3/t17-,22+/m0/s1. The Hall–Kier alpha value is -2.62. The first-order chi connectivity index (χ1) is 13.6. The van der Waals surface area contributed by atoms with Crippen LogP contribution in [0.25, 0.3) is 11.1 Å². The molecule has 0 unspecified atom stereocenters. The van der Waals surface area contributed by atoms with E-state index in [1.807, 2.05) is 36.1 Å². The molecule has 2 aromatic carbocycles. The largest absolute Gasteiger partial charge is 0.336 e. The molecule has 2 aliphatic rings. The lowest BCUT2D eigenvalue weighted by Crippen LogP contribution is -2.60. The average Bonchev–Trinajstić information content (AvgIpc) is 3.20. The van der Waals surface area contributed by atoms with Gasteiger partial charge in [-0.05, 0) is 55.0 Å². The molecule has 2 amide bonds. The molecular formula is C24H28N2O2. The highest BCUT2D eigenvalue weighted by Gasteiger charge is 2.42. The molecule has 4 heteroatoms. The summed E-state index contributed by atoms with van der Waals surface area (Å²) < 4.78 is 0. The number of hydrogen-bond donors (Lipinski definition) is 0. The normalized spacial score (nSPS) is 21.7. The third kappa shape index (κ3) is 3.44. The number of hydrogen-bond acceptors (Lipinski definition) is 2. The number of carbonyl (C=O) groups excluding carboxylic acids is 2. The van der Waals surface area contributed by atoms with Gasteiger partial charge in [0.2, 0.25) is 5.91 Å². The van der Waals surface area contributed by atoms with E-state index in [0.717, 1.165) is 43.4 Å². The summed E-state index contributed by atoms with van der Waals surface area (Å²) in [6.07, 6.45) is 4.27. The van der Waals surface area contributed by atoms with Crippen LogP contribution in [0.5, 0.6) is 0 Å². The fraction of sp³-hybridized carbons (Fsp3) is 0.417. The maximum atomic E-state index is 13.1. The summed E-state index contributed by atoms with van der Waals surface area (Å²) >= 11 is 0. The van der Waals surface area contributed by atoms with Crippen molar-refractivity contribution in [3.63, 3.8) is 0 Å². The first-order valence-electron chi connectivity index (χ1n) is 10.4. The van der Waals surface area contributed by atoms with E-state index in [1.165, 1.54) is 5.56 Å². The molecule has 0 N–H and O–H groups in total. The molecule has 0 aliphatic carbocycles. The molecule has 2 atom stereocenters. The van der Waals surface area contributed by atoms with E-state index in [-0.39, 0.29) is 23.9 Å². The average molecular weight is 376 g/mol. The van der Waals surface area contributed by atoms with Gasteiger partial charge in [-0.2, -0.15) is 0 Å².